The Kier molecular flexibility index (Phi) is 5.26. The summed E-state index contributed by atoms with van der Waals surface area (Å²) in [6, 6.07) is 22.6. The molecule has 1 amide bonds. The molecule has 0 radical (unpaired) electrons. The van der Waals surface area contributed by atoms with Crippen LogP contribution in [0.15, 0.2) is 78.9 Å². The molecule has 3 aromatic rings. The summed E-state index contributed by atoms with van der Waals surface area (Å²) in [5, 5.41) is 6.07. The molecule has 5 heteroatoms. The van der Waals surface area contributed by atoms with Crippen molar-refractivity contribution in [2.24, 2.45) is 0 Å². The lowest BCUT2D eigenvalue weighted by molar-refractivity contribution is -0.118. The van der Waals surface area contributed by atoms with Crippen molar-refractivity contribution in [2.75, 3.05) is 17.2 Å². The summed E-state index contributed by atoms with van der Waals surface area (Å²) in [4.78, 5) is 12.1. The predicted octanol–water partition coefficient (Wildman–Crippen LogP) is 4.59. The van der Waals surface area contributed by atoms with Gasteiger partial charge in [-0.25, -0.2) is 4.39 Å². The van der Waals surface area contributed by atoms with E-state index >= 15 is 0 Å². The van der Waals surface area contributed by atoms with Gasteiger partial charge in [-0.1, -0.05) is 30.3 Å². The largest absolute Gasteiger partial charge is 0.484 e. The highest BCUT2D eigenvalue weighted by atomic mass is 19.1. The maximum absolute atomic E-state index is 12.9. The second-order valence-electron chi connectivity index (χ2n) is 5.33. The zero-order valence-corrected chi connectivity index (χ0v) is 13.4. The molecule has 2 N–H and O–H groups in total. The summed E-state index contributed by atoms with van der Waals surface area (Å²) >= 11 is 0. The van der Waals surface area contributed by atoms with Gasteiger partial charge in [0.15, 0.2) is 6.61 Å². The fourth-order valence-electron chi connectivity index (χ4n) is 2.24. The van der Waals surface area contributed by atoms with Crippen LogP contribution in [0.3, 0.4) is 0 Å². The average Bonchev–Trinajstić information content (AvgIpc) is 2.64. The van der Waals surface area contributed by atoms with Crippen LogP contribution in [0.1, 0.15) is 0 Å². The third-order valence-corrected chi connectivity index (χ3v) is 3.44. The van der Waals surface area contributed by atoms with Crippen molar-refractivity contribution in [1.29, 1.82) is 0 Å². The van der Waals surface area contributed by atoms with Crippen molar-refractivity contribution < 1.29 is 13.9 Å². The maximum atomic E-state index is 12.9. The highest BCUT2D eigenvalue weighted by Crippen LogP contribution is 2.25. The molecular formula is C20H17FN2O2. The lowest BCUT2D eigenvalue weighted by atomic mass is 10.2. The zero-order valence-electron chi connectivity index (χ0n) is 13.4. The number of nitrogens with one attached hydrogen (secondary N) is 2. The van der Waals surface area contributed by atoms with Gasteiger partial charge in [0.2, 0.25) is 0 Å². The van der Waals surface area contributed by atoms with Crippen LogP contribution in [0.25, 0.3) is 0 Å². The molecule has 0 saturated carbocycles. The van der Waals surface area contributed by atoms with Crippen molar-refractivity contribution in [3.8, 4) is 5.75 Å². The highest BCUT2D eigenvalue weighted by molar-refractivity contribution is 5.95. The van der Waals surface area contributed by atoms with Crippen LogP contribution in [-0.4, -0.2) is 12.5 Å². The van der Waals surface area contributed by atoms with Crippen LogP contribution in [0.2, 0.25) is 0 Å². The molecule has 0 atom stereocenters. The average molecular weight is 336 g/mol. The van der Waals surface area contributed by atoms with Gasteiger partial charge >= 0.3 is 0 Å². The van der Waals surface area contributed by atoms with Gasteiger partial charge < -0.3 is 15.4 Å². The summed E-state index contributed by atoms with van der Waals surface area (Å²) in [6.45, 7) is -0.161. The molecule has 0 bridgehead atoms. The number of halogens is 1. The van der Waals surface area contributed by atoms with Gasteiger partial charge in [-0.2, -0.15) is 0 Å². The van der Waals surface area contributed by atoms with Crippen LogP contribution < -0.4 is 15.4 Å². The van der Waals surface area contributed by atoms with Crippen molar-refractivity contribution in [1.82, 2.24) is 0 Å². The number of para-hydroxylation sites is 3. The molecule has 0 fully saturated rings. The minimum absolute atomic E-state index is 0.161. The fraction of sp³-hybridized carbons (Fsp3) is 0.0500. The molecule has 0 aliphatic rings. The van der Waals surface area contributed by atoms with Gasteiger partial charge in [0, 0.05) is 5.69 Å². The zero-order chi connectivity index (χ0) is 17.5. The van der Waals surface area contributed by atoms with E-state index in [9.17, 15) is 9.18 Å². The molecule has 4 nitrogen and oxygen atoms in total. The molecule has 25 heavy (non-hydrogen) atoms. The highest BCUT2D eigenvalue weighted by Gasteiger charge is 2.08. The van der Waals surface area contributed by atoms with Gasteiger partial charge in [0.25, 0.3) is 5.91 Å². The third kappa shape index (κ3) is 4.81. The minimum Gasteiger partial charge on any atom is -0.484 e. The molecule has 0 aliphatic carbocycles. The first-order valence-electron chi connectivity index (χ1n) is 7.80. The van der Waals surface area contributed by atoms with Gasteiger partial charge in [0.1, 0.15) is 11.6 Å². The van der Waals surface area contributed by atoms with E-state index in [1.807, 2.05) is 48.5 Å². The smallest absolute Gasteiger partial charge is 0.262 e. The monoisotopic (exact) mass is 336 g/mol. The topological polar surface area (TPSA) is 50.4 Å². The van der Waals surface area contributed by atoms with Crippen molar-refractivity contribution in [3.63, 3.8) is 0 Å². The van der Waals surface area contributed by atoms with Crippen LogP contribution in [0.5, 0.6) is 5.75 Å². The Morgan fingerprint density at radius 1 is 0.840 bits per heavy atom. The molecule has 3 aromatic carbocycles. The summed E-state index contributed by atoms with van der Waals surface area (Å²) in [5.74, 6) is -0.211. The number of anilines is 3. The second kappa shape index (κ2) is 7.97. The van der Waals surface area contributed by atoms with Crippen molar-refractivity contribution in [3.05, 3.63) is 84.7 Å². The Morgan fingerprint density at radius 3 is 2.20 bits per heavy atom. The molecule has 0 unspecified atom stereocenters. The van der Waals surface area contributed by atoms with E-state index in [0.717, 1.165) is 11.4 Å². The van der Waals surface area contributed by atoms with Crippen LogP contribution >= 0.6 is 0 Å². The number of carbonyl (C=O) groups is 1. The summed E-state index contributed by atoms with van der Waals surface area (Å²) < 4.78 is 18.2. The number of hydrogen-bond acceptors (Lipinski definition) is 3. The first-order chi connectivity index (χ1) is 12.2. The lowest BCUT2D eigenvalue weighted by Gasteiger charge is -2.13. The maximum Gasteiger partial charge on any atom is 0.262 e. The Morgan fingerprint density at radius 2 is 1.48 bits per heavy atom. The van der Waals surface area contributed by atoms with E-state index in [-0.39, 0.29) is 18.3 Å². The second-order valence-corrected chi connectivity index (χ2v) is 5.33. The molecule has 0 saturated heterocycles. The molecule has 0 aliphatic heterocycles. The van der Waals surface area contributed by atoms with E-state index in [2.05, 4.69) is 10.6 Å². The molecule has 0 spiro atoms. The van der Waals surface area contributed by atoms with E-state index < -0.39 is 0 Å². The van der Waals surface area contributed by atoms with Crippen LogP contribution in [0.4, 0.5) is 21.5 Å². The number of rotatable bonds is 6. The standard InChI is InChI=1S/C20H17FN2O2/c21-15-10-12-17(13-11-15)25-14-20(24)23-19-9-5-4-8-18(19)22-16-6-2-1-3-7-16/h1-13,22H,14H2,(H,23,24). The lowest BCUT2D eigenvalue weighted by Crippen LogP contribution is -2.20. The Labute approximate surface area is 145 Å². The predicted molar refractivity (Wildman–Crippen MR) is 96.7 cm³/mol. The third-order valence-electron chi connectivity index (χ3n) is 3.44. The molecule has 0 heterocycles. The van der Waals surface area contributed by atoms with E-state index in [0.29, 0.717) is 11.4 Å². The van der Waals surface area contributed by atoms with Crippen LogP contribution in [-0.2, 0) is 4.79 Å². The first-order valence-corrected chi connectivity index (χ1v) is 7.80. The minimum atomic E-state index is -0.349. The summed E-state index contributed by atoms with van der Waals surface area (Å²) in [5.41, 5.74) is 2.36. The molecule has 0 aromatic heterocycles. The molecular weight excluding hydrogens is 319 g/mol. The van der Waals surface area contributed by atoms with Crippen molar-refractivity contribution >= 4 is 23.0 Å². The van der Waals surface area contributed by atoms with Gasteiger partial charge in [-0.3, -0.25) is 4.79 Å². The Hall–Kier alpha value is -3.34. The van der Waals surface area contributed by atoms with E-state index in [4.69, 9.17) is 4.74 Å². The number of hydrogen-bond donors (Lipinski definition) is 2. The fourth-order valence-corrected chi connectivity index (χ4v) is 2.24. The van der Waals surface area contributed by atoms with Crippen LogP contribution in [0, 0.1) is 5.82 Å². The van der Waals surface area contributed by atoms with E-state index in [1.165, 1.54) is 24.3 Å². The molecule has 3 rings (SSSR count). The Balaban J connectivity index is 1.62. The number of amides is 1. The normalized spacial score (nSPS) is 10.1. The number of ether oxygens (including phenoxy) is 1. The van der Waals surface area contributed by atoms with Gasteiger partial charge in [-0.15, -0.1) is 0 Å². The first kappa shape index (κ1) is 16.5. The van der Waals surface area contributed by atoms with Gasteiger partial charge in [0.05, 0.1) is 11.4 Å². The SMILES string of the molecule is O=C(COc1ccc(F)cc1)Nc1ccccc1Nc1ccccc1. The Bertz CT molecular complexity index is 836. The van der Waals surface area contributed by atoms with Gasteiger partial charge in [-0.05, 0) is 48.5 Å². The number of benzene rings is 3. The van der Waals surface area contributed by atoms with E-state index in [1.54, 1.807) is 6.07 Å². The quantitative estimate of drug-likeness (QED) is 0.692. The molecule has 126 valence electrons. The number of carbonyl (C=O) groups excluding carboxylic acids is 1. The summed E-state index contributed by atoms with van der Waals surface area (Å²) in [6.07, 6.45) is 0. The van der Waals surface area contributed by atoms with Crippen molar-refractivity contribution in [2.45, 2.75) is 0 Å². The summed E-state index contributed by atoms with van der Waals surface area (Å²) in [7, 11) is 0.